The van der Waals surface area contributed by atoms with Crippen LogP contribution in [0.15, 0.2) is 0 Å². The summed E-state index contributed by atoms with van der Waals surface area (Å²) < 4.78 is 0. The van der Waals surface area contributed by atoms with Gasteiger partial charge in [0.2, 0.25) is 0 Å². The van der Waals surface area contributed by atoms with Gasteiger partial charge in [-0.25, -0.2) is 0 Å². The second kappa shape index (κ2) is 8.95. The molecule has 0 radical (unpaired) electrons. The van der Waals surface area contributed by atoms with Gasteiger partial charge in [0, 0.05) is 11.9 Å². The Bertz CT molecular complexity index is 161. The van der Waals surface area contributed by atoms with Crippen molar-refractivity contribution in [1.29, 1.82) is 0 Å². The minimum Gasteiger partial charge on any atom is -0.550 e. The van der Waals surface area contributed by atoms with Crippen LogP contribution < -0.4 is 22.5 Å². The van der Waals surface area contributed by atoms with E-state index in [1.54, 1.807) is 6.92 Å². The Morgan fingerprint density at radius 1 is 1.15 bits per heavy atom. The topological polar surface area (TPSA) is 153 Å². The van der Waals surface area contributed by atoms with Crippen molar-refractivity contribution in [3.8, 4) is 0 Å². The molecule has 1 unspecified atom stereocenters. The third kappa shape index (κ3) is 13.8. The molecule has 0 saturated carbocycles. The third-order valence-corrected chi connectivity index (χ3v) is 1.36. The van der Waals surface area contributed by atoms with Crippen molar-refractivity contribution in [1.82, 2.24) is 12.3 Å². The van der Waals surface area contributed by atoms with E-state index in [1.165, 1.54) is 0 Å². The molecule has 0 rings (SSSR count). The molecule has 0 saturated heterocycles. The van der Waals surface area contributed by atoms with Crippen molar-refractivity contribution in [2.75, 3.05) is 0 Å². The number of aliphatic carboxylic acids is 2. The predicted octanol–water partition coefficient (Wildman–Crippen LogP) is -0.955. The van der Waals surface area contributed by atoms with E-state index in [9.17, 15) is 19.8 Å². The lowest BCUT2D eigenvalue weighted by molar-refractivity contribution is -0.309. The van der Waals surface area contributed by atoms with Crippen molar-refractivity contribution in [3.05, 3.63) is 0 Å². The lowest BCUT2D eigenvalue weighted by atomic mass is 10.0. The maximum Gasteiger partial charge on any atom is 0.0416 e. The number of carbonyl (C=O) groups excluding carboxylic acids is 2. The number of hydrogen-bond donors (Lipinski definition) is 2. The second-order valence-electron chi connectivity index (χ2n) is 2.59. The number of carboxylic acids is 2. The predicted molar refractivity (Wildman–Crippen MR) is 45.0 cm³/mol. The number of carbonyl (C=O) groups is 2. The number of quaternary nitrogens is 2. The molecule has 0 bridgehead atoms. The van der Waals surface area contributed by atoms with Crippen LogP contribution in [0.4, 0.5) is 0 Å². The Hall–Kier alpha value is -1.14. The summed E-state index contributed by atoms with van der Waals surface area (Å²) in [5.74, 6) is -2.44. The highest BCUT2D eigenvalue weighted by molar-refractivity contribution is 5.65. The SMILES string of the molecule is CC(CCC(=O)[O-])CC(=O)[O-].[NH4+].[NH4+]. The highest BCUT2D eigenvalue weighted by Crippen LogP contribution is 2.08. The number of hydrogen-bond acceptors (Lipinski definition) is 4. The monoisotopic (exact) mass is 194 g/mol. The first-order valence-corrected chi connectivity index (χ1v) is 3.42. The van der Waals surface area contributed by atoms with Crippen LogP contribution in [0.3, 0.4) is 0 Å². The van der Waals surface area contributed by atoms with Crippen molar-refractivity contribution >= 4 is 11.9 Å². The Morgan fingerprint density at radius 2 is 1.62 bits per heavy atom. The Balaban J connectivity index is -0.000000500. The van der Waals surface area contributed by atoms with Gasteiger partial charge in [-0.3, -0.25) is 0 Å². The molecule has 0 spiro atoms. The molecule has 8 N–H and O–H groups in total. The Kier molecular flexibility index (Phi) is 12.3. The highest BCUT2D eigenvalue weighted by atomic mass is 16.4. The Labute approximate surface area is 77.1 Å². The van der Waals surface area contributed by atoms with E-state index in [2.05, 4.69) is 0 Å². The summed E-state index contributed by atoms with van der Waals surface area (Å²) in [6.07, 6.45) is 0.151. The molecule has 0 aliphatic rings. The van der Waals surface area contributed by atoms with Crippen LogP contribution in [-0.4, -0.2) is 11.9 Å². The molecule has 0 aliphatic carbocycles. The van der Waals surface area contributed by atoms with Crippen LogP contribution in [0.5, 0.6) is 0 Å². The second-order valence-corrected chi connectivity index (χ2v) is 2.59. The third-order valence-electron chi connectivity index (χ3n) is 1.36. The molecule has 0 aliphatic heterocycles. The summed E-state index contributed by atoms with van der Waals surface area (Å²) in [6.45, 7) is 1.67. The maximum atomic E-state index is 9.98. The van der Waals surface area contributed by atoms with Crippen LogP contribution >= 0.6 is 0 Å². The molecule has 1 atom stereocenters. The zero-order valence-corrected chi connectivity index (χ0v) is 8.33. The smallest absolute Gasteiger partial charge is 0.0416 e. The van der Waals surface area contributed by atoms with Gasteiger partial charge in [0.15, 0.2) is 0 Å². The zero-order valence-electron chi connectivity index (χ0n) is 8.33. The summed E-state index contributed by atoms with van der Waals surface area (Å²) in [5, 5.41) is 19.9. The molecular formula is C7H18N2O4. The summed E-state index contributed by atoms with van der Waals surface area (Å²) in [4.78, 5) is 19.9. The van der Waals surface area contributed by atoms with E-state index in [1.807, 2.05) is 0 Å². The highest BCUT2D eigenvalue weighted by Gasteiger charge is 2.01. The first-order chi connectivity index (χ1) is 5.02. The summed E-state index contributed by atoms with van der Waals surface area (Å²) >= 11 is 0. The minimum absolute atomic E-state index is 0. The average Bonchev–Trinajstić information content (AvgIpc) is 1.82. The molecule has 0 aromatic carbocycles. The molecular weight excluding hydrogens is 176 g/mol. The largest absolute Gasteiger partial charge is 0.550 e. The minimum atomic E-state index is -1.14. The lowest BCUT2D eigenvalue weighted by Gasteiger charge is -2.11. The molecule has 0 aromatic heterocycles. The van der Waals surface area contributed by atoms with Gasteiger partial charge < -0.3 is 32.1 Å². The number of rotatable bonds is 5. The van der Waals surface area contributed by atoms with Gasteiger partial charge in [-0.05, 0) is 25.2 Å². The summed E-state index contributed by atoms with van der Waals surface area (Å²) in [7, 11) is 0. The van der Waals surface area contributed by atoms with Crippen molar-refractivity contribution in [2.45, 2.75) is 26.2 Å². The van der Waals surface area contributed by atoms with Gasteiger partial charge in [-0.15, -0.1) is 0 Å². The molecule has 0 fully saturated rings. The standard InChI is InChI=1S/C7H12O4.2H3N/c1-5(4-7(10)11)2-3-6(8)9;;/h5H,2-4H2,1H3,(H,8,9)(H,10,11);2*1H3. The van der Waals surface area contributed by atoms with Gasteiger partial charge in [0.05, 0.1) is 0 Å². The normalized spacial score (nSPS) is 10.5. The summed E-state index contributed by atoms with van der Waals surface area (Å²) in [6, 6.07) is 0. The summed E-state index contributed by atoms with van der Waals surface area (Å²) in [5.41, 5.74) is 0. The lowest BCUT2D eigenvalue weighted by Crippen LogP contribution is -2.26. The van der Waals surface area contributed by atoms with E-state index in [0.717, 1.165) is 0 Å². The fraction of sp³-hybridized carbons (Fsp3) is 0.714. The van der Waals surface area contributed by atoms with Crippen LogP contribution in [0.2, 0.25) is 0 Å². The molecule has 80 valence electrons. The molecule has 0 heterocycles. The van der Waals surface area contributed by atoms with E-state index >= 15 is 0 Å². The quantitative estimate of drug-likeness (QED) is 0.578. The van der Waals surface area contributed by atoms with Crippen LogP contribution in [0.25, 0.3) is 0 Å². The first kappa shape index (κ1) is 17.8. The van der Waals surface area contributed by atoms with E-state index in [4.69, 9.17) is 0 Å². The van der Waals surface area contributed by atoms with Crippen molar-refractivity contribution in [2.24, 2.45) is 5.92 Å². The molecule has 13 heavy (non-hydrogen) atoms. The van der Waals surface area contributed by atoms with E-state index in [0.29, 0.717) is 6.42 Å². The maximum absolute atomic E-state index is 9.98. The van der Waals surface area contributed by atoms with Crippen LogP contribution in [-0.2, 0) is 9.59 Å². The first-order valence-electron chi connectivity index (χ1n) is 3.42. The Morgan fingerprint density at radius 3 is 1.92 bits per heavy atom. The molecule has 6 nitrogen and oxygen atoms in total. The van der Waals surface area contributed by atoms with Crippen LogP contribution in [0.1, 0.15) is 26.2 Å². The van der Waals surface area contributed by atoms with Gasteiger partial charge in [0.1, 0.15) is 0 Å². The van der Waals surface area contributed by atoms with E-state index < -0.39 is 11.9 Å². The molecule has 0 amide bonds. The van der Waals surface area contributed by atoms with Crippen molar-refractivity contribution < 1.29 is 19.8 Å². The van der Waals surface area contributed by atoms with Gasteiger partial charge in [-0.2, -0.15) is 0 Å². The number of carboxylic acid groups (broad SMARTS) is 2. The van der Waals surface area contributed by atoms with Gasteiger partial charge in [0.25, 0.3) is 0 Å². The molecule has 6 heteroatoms. The van der Waals surface area contributed by atoms with Gasteiger partial charge >= 0.3 is 0 Å². The van der Waals surface area contributed by atoms with Gasteiger partial charge in [-0.1, -0.05) is 6.92 Å². The van der Waals surface area contributed by atoms with Crippen molar-refractivity contribution in [3.63, 3.8) is 0 Å². The van der Waals surface area contributed by atoms with E-state index in [-0.39, 0.29) is 31.1 Å². The molecule has 0 aromatic rings. The fourth-order valence-electron chi connectivity index (χ4n) is 0.751. The zero-order chi connectivity index (χ0) is 8.85. The van der Waals surface area contributed by atoms with Crippen LogP contribution in [0, 0.1) is 5.92 Å². The average molecular weight is 194 g/mol. The fourth-order valence-corrected chi connectivity index (χ4v) is 0.751.